The molecule has 0 amide bonds. The van der Waals surface area contributed by atoms with Crippen molar-refractivity contribution in [3.05, 3.63) is 0 Å². The maximum absolute atomic E-state index is 3.61. The minimum Gasteiger partial charge on any atom is -0.314 e. The summed E-state index contributed by atoms with van der Waals surface area (Å²) in [6.07, 6.45) is 2.56. The Morgan fingerprint density at radius 1 is 1.15 bits per heavy atom. The molecule has 0 spiro atoms. The predicted molar refractivity (Wildman–Crippen MR) is 61.0 cm³/mol. The summed E-state index contributed by atoms with van der Waals surface area (Å²) in [4.78, 5) is 0. The van der Waals surface area contributed by atoms with E-state index in [1.807, 2.05) is 0 Å². The molecule has 0 aromatic carbocycles. The molecule has 0 rings (SSSR count). The van der Waals surface area contributed by atoms with Gasteiger partial charge in [-0.2, -0.15) is 0 Å². The molecule has 1 N–H and O–H groups in total. The molecule has 0 aromatic rings. The van der Waals surface area contributed by atoms with Crippen molar-refractivity contribution in [2.75, 3.05) is 6.54 Å². The zero-order valence-corrected chi connectivity index (χ0v) is 10.3. The smallest absolute Gasteiger partial charge is 0.00388 e. The van der Waals surface area contributed by atoms with E-state index in [4.69, 9.17) is 0 Å². The Morgan fingerprint density at radius 2 is 1.69 bits per heavy atom. The van der Waals surface area contributed by atoms with Gasteiger partial charge in [0.05, 0.1) is 0 Å². The molecule has 0 heterocycles. The quantitative estimate of drug-likeness (QED) is 0.668. The van der Waals surface area contributed by atoms with Crippen molar-refractivity contribution in [3.8, 4) is 0 Å². The lowest BCUT2D eigenvalue weighted by Crippen LogP contribution is -2.38. The predicted octanol–water partition coefficient (Wildman–Crippen LogP) is 3.45. The van der Waals surface area contributed by atoms with Gasteiger partial charge in [0.1, 0.15) is 0 Å². The summed E-state index contributed by atoms with van der Waals surface area (Å²) < 4.78 is 0. The molecule has 0 radical (unpaired) electrons. The fourth-order valence-electron chi connectivity index (χ4n) is 1.18. The van der Waals surface area contributed by atoms with Crippen LogP contribution in [0.2, 0.25) is 0 Å². The summed E-state index contributed by atoms with van der Waals surface area (Å²) >= 11 is 0. The molecule has 0 fully saturated rings. The van der Waals surface area contributed by atoms with Crippen LogP contribution < -0.4 is 5.32 Å². The number of rotatable bonds is 6. The Labute approximate surface area is 84.3 Å². The van der Waals surface area contributed by atoms with E-state index in [1.54, 1.807) is 0 Å². The maximum atomic E-state index is 3.61. The van der Waals surface area contributed by atoms with Crippen molar-refractivity contribution in [1.82, 2.24) is 5.32 Å². The lowest BCUT2D eigenvalue weighted by molar-refractivity contribution is 0.228. The molecule has 0 saturated carbocycles. The maximum Gasteiger partial charge on any atom is 0.00388 e. The number of hydrogen-bond acceptors (Lipinski definition) is 1. The molecular weight excluding hydrogens is 158 g/mol. The summed E-state index contributed by atoms with van der Waals surface area (Å²) in [5.74, 6) is 0.744. The lowest BCUT2D eigenvalue weighted by Gasteiger charge is -2.31. The highest BCUT2D eigenvalue weighted by atomic mass is 14.9. The van der Waals surface area contributed by atoms with Crippen molar-refractivity contribution in [2.45, 2.75) is 60.4 Å². The molecule has 80 valence electrons. The van der Waals surface area contributed by atoms with Gasteiger partial charge in [-0.25, -0.2) is 0 Å². The van der Waals surface area contributed by atoms with E-state index in [-0.39, 0.29) is 0 Å². The van der Waals surface area contributed by atoms with Gasteiger partial charge in [0, 0.05) is 12.6 Å². The van der Waals surface area contributed by atoms with Gasteiger partial charge in [0.25, 0.3) is 0 Å². The van der Waals surface area contributed by atoms with Crippen LogP contribution in [0.1, 0.15) is 54.4 Å². The van der Waals surface area contributed by atoms with E-state index in [0.717, 1.165) is 12.5 Å². The Bertz CT molecular complexity index is 127. The van der Waals surface area contributed by atoms with Gasteiger partial charge in [0.2, 0.25) is 0 Å². The molecule has 13 heavy (non-hydrogen) atoms. The van der Waals surface area contributed by atoms with Crippen LogP contribution in [0.3, 0.4) is 0 Å². The lowest BCUT2D eigenvalue weighted by atomic mass is 9.81. The molecule has 0 aliphatic carbocycles. The number of nitrogens with one attached hydrogen (secondary N) is 1. The Balaban J connectivity index is 3.74. The van der Waals surface area contributed by atoms with Crippen molar-refractivity contribution in [1.29, 1.82) is 0 Å². The zero-order valence-electron chi connectivity index (χ0n) is 10.3. The van der Waals surface area contributed by atoms with E-state index in [9.17, 15) is 0 Å². The monoisotopic (exact) mass is 185 g/mol. The molecule has 0 bridgehead atoms. The van der Waals surface area contributed by atoms with Crippen molar-refractivity contribution < 1.29 is 0 Å². The fraction of sp³-hybridized carbons (Fsp3) is 1.00. The van der Waals surface area contributed by atoms with E-state index in [2.05, 4.69) is 46.9 Å². The molecule has 1 nitrogen and oxygen atoms in total. The summed E-state index contributed by atoms with van der Waals surface area (Å²) in [5.41, 5.74) is 0.419. The average Bonchev–Trinajstić information content (AvgIpc) is 2.01. The van der Waals surface area contributed by atoms with Crippen LogP contribution in [-0.2, 0) is 0 Å². The first-order valence-electron chi connectivity index (χ1n) is 5.63. The molecule has 1 atom stereocenters. The van der Waals surface area contributed by atoms with E-state index in [0.29, 0.717) is 11.5 Å². The van der Waals surface area contributed by atoms with Crippen LogP contribution in [0, 0.1) is 11.3 Å². The highest BCUT2D eigenvalue weighted by Gasteiger charge is 2.22. The Kier molecular flexibility index (Phi) is 5.62. The summed E-state index contributed by atoms with van der Waals surface area (Å²) in [5, 5.41) is 3.61. The van der Waals surface area contributed by atoms with Gasteiger partial charge in [0.15, 0.2) is 0 Å². The van der Waals surface area contributed by atoms with Gasteiger partial charge in [-0.15, -0.1) is 0 Å². The normalized spacial score (nSPS) is 15.0. The van der Waals surface area contributed by atoms with Crippen LogP contribution in [0.15, 0.2) is 0 Å². The van der Waals surface area contributed by atoms with Gasteiger partial charge in [-0.3, -0.25) is 0 Å². The van der Waals surface area contributed by atoms with Gasteiger partial charge in [-0.1, -0.05) is 41.0 Å². The second kappa shape index (κ2) is 5.64. The van der Waals surface area contributed by atoms with Crippen LogP contribution >= 0.6 is 0 Å². The highest BCUT2D eigenvalue weighted by Crippen LogP contribution is 2.24. The third-order valence-electron chi connectivity index (χ3n) is 3.19. The largest absolute Gasteiger partial charge is 0.314 e. The van der Waals surface area contributed by atoms with Gasteiger partial charge in [-0.05, 0) is 24.7 Å². The minimum atomic E-state index is 0.419. The summed E-state index contributed by atoms with van der Waals surface area (Å²) in [6.45, 7) is 14.9. The SMILES string of the molecule is CCCC(C)NCC(C)(C)C(C)C. The molecule has 0 aliphatic rings. The van der Waals surface area contributed by atoms with Crippen molar-refractivity contribution in [3.63, 3.8) is 0 Å². The summed E-state index contributed by atoms with van der Waals surface area (Å²) in [7, 11) is 0. The standard InChI is InChI=1S/C12H27N/c1-7-8-11(4)13-9-12(5,6)10(2)3/h10-11,13H,7-9H2,1-6H3. The minimum absolute atomic E-state index is 0.419. The summed E-state index contributed by atoms with van der Waals surface area (Å²) in [6, 6.07) is 0.669. The average molecular weight is 185 g/mol. The molecule has 0 aromatic heterocycles. The van der Waals surface area contributed by atoms with Crippen LogP contribution in [0.25, 0.3) is 0 Å². The third-order valence-corrected chi connectivity index (χ3v) is 3.19. The van der Waals surface area contributed by atoms with E-state index in [1.165, 1.54) is 12.8 Å². The van der Waals surface area contributed by atoms with Crippen LogP contribution in [-0.4, -0.2) is 12.6 Å². The van der Waals surface area contributed by atoms with E-state index < -0.39 is 0 Å². The first kappa shape index (κ1) is 13.0. The third kappa shape index (κ3) is 5.30. The second-order valence-corrected chi connectivity index (χ2v) is 5.21. The Morgan fingerprint density at radius 3 is 2.08 bits per heavy atom. The molecule has 0 aliphatic heterocycles. The molecule has 1 heteroatoms. The van der Waals surface area contributed by atoms with Gasteiger partial charge < -0.3 is 5.32 Å². The van der Waals surface area contributed by atoms with E-state index >= 15 is 0 Å². The van der Waals surface area contributed by atoms with Crippen molar-refractivity contribution in [2.24, 2.45) is 11.3 Å². The first-order valence-corrected chi connectivity index (χ1v) is 5.63. The molecular formula is C12H27N. The highest BCUT2D eigenvalue weighted by molar-refractivity contribution is 4.76. The van der Waals surface area contributed by atoms with Gasteiger partial charge >= 0.3 is 0 Å². The Hall–Kier alpha value is -0.0400. The van der Waals surface area contributed by atoms with Crippen LogP contribution in [0.4, 0.5) is 0 Å². The molecule has 1 unspecified atom stereocenters. The fourth-order valence-corrected chi connectivity index (χ4v) is 1.18. The van der Waals surface area contributed by atoms with Crippen LogP contribution in [0.5, 0.6) is 0 Å². The number of hydrogen-bond donors (Lipinski definition) is 1. The van der Waals surface area contributed by atoms with Crippen molar-refractivity contribution >= 4 is 0 Å². The zero-order chi connectivity index (χ0) is 10.5. The first-order chi connectivity index (χ1) is 5.90. The topological polar surface area (TPSA) is 12.0 Å². The second-order valence-electron chi connectivity index (χ2n) is 5.21. The molecule has 0 saturated heterocycles.